The van der Waals surface area contributed by atoms with E-state index in [9.17, 15) is 41.1 Å². The molecule has 3 rings (SSSR count). The van der Waals surface area contributed by atoms with Crippen molar-refractivity contribution in [3.63, 3.8) is 0 Å². The third-order valence-electron chi connectivity index (χ3n) is 5.37. The molecule has 8 nitrogen and oxygen atoms in total. The fourth-order valence-electron chi connectivity index (χ4n) is 3.74. The van der Waals surface area contributed by atoms with Gasteiger partial charge in [0, 0.05) is 24.7 Å². The van der Waals surface area contributed by atoms with Gasteiger partial charge in [0.1, 0.15) is 24.1 Å². The topological polar surface area (TPSA) is 106 Å². The SMILES string of the molecule is O=C(CC(NC(=O)c1cnc2c(F)cccc2c1N1CCCCC1)C(=O)CF)OC(=O)C(F)(F)F. The summed E-state index contributed by atoms with van der Waals surface area (Å²) in [5.41, 5.74) is 0.199. The Morgan fingerprint density at radius 1 is 1.11 bits per heavy atom. The van der Waals surface area contributed by atoms with E-state index in [1.54, 1.807) is 6.07 Å². The highest BCUT2D eigenvalue weighted by molar-refractivity contribution is 6.09. The molecule has 1 N–H and O–H groups in total. The molecule has 2 aromatic rings. The first-order valence-corrected chi connectivity index (χ1v) is 10.6. The van der Waals surface area contributed by atoms with Gasteiger partial charge in [-0.2, -0.15) is 13.2 Å². The average molecular weight is 501 g/mol. The number of Topliss-reactive ketones (excluding diaryl/α,β-unsaturated/α-hetero) is 1. The van der Waals surface area contributed by atoms with Crippen LogP contribution in [0.4, 0.5) is 27.6 Å². The zero-order chi connectivity index (χ0) is 25.8. The van der Waals surface area contributed by atoms with E-state index in [2.05, 4.69) is 15.0 Å². The van der Waals surface area contributed by atoms with Gasteiger partial charge in [-0.1, -0.05) is 12.1 Å². The number of hydrogen-bond donors (Lipinski definition) is 1. The predicted octanol–water partition coefficient (Wildman–Crippen LogP) is 3.02. The molecular formula is C22H20F5N3O5. The van der Waals surface area contributed by atoms with Gasteiger partial charge in [-0.25, -0.2) is 13.6 Å². The number of benzene rings is 1. The van der Waals surface area contributed by atoms with Gasteiger partial charge < -0.3 is 15.0 Å². The number of piperidine rings is 1. The first kappa shape index (κ1) is 26.0. The van der Waals surface area contributed by atoms with Crippen molar-refractivity contribution >= 4 is 40.2 Å². The molecule has 1 aliphatic rings. The number of rotatable bonds is 7. The summed E-state index contributed by atoms with van der Waals surface area (Å²) in [5.74, 6) is -7.54. The lowest BCUT2D eigenvalue weighted by Crippen LogP contribution is -2.44. The number of fused-ring (bicyclic) bond motifs is 1. The fraction of sp³-hybridized carbons (Fsp3) is 0.409. The lowest BCUT2D eigenvalue weighted by atomic mass is 10.0. The highest BCUT2D eigenvalue weighted by Crippen LogP contribution is 2.33. The second-order valence-electron chi connectivity index (χ2n) is 7.79. The zero-order valence-corrected chi connectivity index (χ0v) is 18.2. The third kappa shape index (κ3) is 6.08. The van der Waals surface area contributed by atoms with E-state index in [4.69, 9.17) is 0 Å². The van der Waals surface area contributed by atoms with Gasteiger partial charge in [-0.15, -0.1) is 0 Å². The molecule has 1 atom stereocenters. The molecule has 1 fully saturated rings. The molecule has 13 heteroatoms. The molecule has 1 saturated heterocycles. The van der Waals surface area contributed by atoms with Crippen molar-refractivity contribution in [2.24, 2.45) is 0 Å². The summed E-state index contributed by atoms with van der Waals surface area (Å²) in [7, 11) is 0. The molecule has 1 amide bonds. The Morgan fingerprint density at radius 2 is 1.80 bits per heavy atom. The van der Waals surface area contributed by atoms with Crippen LogP contribution in [-0.4, -0.2) is 60.6 Å². The van der Waals surface area contributed by atoms with Crippen LogP contribution in [0.5, 0.6) is 0 Å². The number of nitrogens with one attached hydrogen (secondary N) is 1. The highest BCUT2D eigenvalue weighted by atomic mass is 19.4. The maximum Gasteiger partial charge on any atom is 0.491 e. The molecule has 0 radical (unpaired) electrons. The second kappa shape index (κ2) is 10.7. The predicted molar refractivity (Wildman–Crippen MR) is 112 cm³/mol. The average Bonchev–Trinajstić information content (AvgIpc) is 2.82. The van der Waals surface area contributed by atoms with Gasteiger partial charge in [0.25, 0.3) is 5.91 Å². The number of anilines is 1. The summed E-state index contributed by atoms with van der Waals surface area (Å²) in [4.78, 5) is 53.5. The number of amides is 1. The summed E-state index contributed by atoms with van der Waals surface area (Å²) < 4.78 is 68.0. The number of carbonyl (C=O) groups excluding carboxylic acids is 4. The minimum Gasteiger partial charge on any atom is -0.386 e. The minimum absolute atomic E-state index is 0.00440. The Hall–Kier alpha value is -3.64. The third-order valence-corrected chi connectivity index (χ3v) is 5.37. The molecule has 35 heavy (non-hydrogen) atoms. The first-order chi connectivity index (χ1) is 16.5. The number of alkyl halides is 4. The number of para-hydroxylation sites is 1. The van der Waals surface area contributed by atoms with E-state index in [0.29, 0.717) is 24.2 Å². The fourth-order valence-corrected chi connectivity index (χ4v) is 3.74. The second-order valence-corrected chi connectivity index (χ2v) is 7.79. The number of hydrogen-bond acceptors (Lipinski definition) is 7. The van der Waals surface area contributed by atoms with E-state index < -0.39 is 54.8 Å². The Morgan fingerprint density at radius 3 is 2.43 bits per heavy atom. The van der Waals surface area contributed by atoms with E-state index in [1.165, 1.54) is 12.1 Å². The van der Waals surface area contributed by atoms with E-state index in [1.807, 2.05) is 4.90 Å². The first-order valence-electron chi connectivity index (χ1n) is 10.6. The van der Waals surface area contributed by atoms with E-state index >= 15 is 0 Å². The summed E-state index contributed by atoms with van der Waals surface area (Å²) in [6, 6.07) is 2.26. The Kier molecular flexibility index (Phi) is 7.97. The summed E-state index contributed by atoms with van der Waals surface area (Å²) in [6.07, 6.45) is -3.09. The van der Waals surface area contributed by atoms with E-state index in [-0.39, 0.29) is 11.1 Å². The van der Waals surface area contributed by atoms with Crippen molar-refractivity contribution in [3.8, 4) is 0 Å². The van der Waals surface area contributed by atoms with Crippen LogP contribution in [0.25, 0.3) is 10.9 Å². The quantitative estimate of drug-likeness (QED) is 0.353. The van der Waals surface area contributed by atoms with Crippen molar-refractivity contribution in [1.29, 1.82) is 0 Å². The van der Waals surface area contributed by atoms with Gasteiger partial charge in [0.2, 0.25) is 0 Å². The number of aromatic nitrogens is 1. The molecule has 0 aliphatic carbocycles. The zero-order valence-electron chi connectivity index (χ0n) is 18.2. The molecule has 1 unspecified atom stereocenters. The van der Waals surface area contributed by atoms with Crippen molar-refractivity contribution < 1.29 is 45.9 Å². The summed E-state index contributed by atoms with van der Waals surface area (Å²) >= 11 is 0. The molecule has 1 aromatic heterocycles. The maximum atomic E-state index is 14.3. The van der Waals surface area contributed by atoms with Gasteiger partial charge in [0.05, 0.1) is 17.7 Å². The lowest BCUT2D eigenvalue weighted by Gasteiger charge is -2.31. The number of ketones is 1. The summed E-state index contributed by atoms with van der Waals surface area (Å²) in [6.45, 7) is -0.575. The van der Waals surface area contributed by atoms with Crippen molar-refractivity contribution in [1.82, 2.24) is 10.3 Å². The normalized spacial score (nSPS) is 14.9. The number of pyridine rings is 1. The van der Waals surface area contributed by atoms with Crippen LogP contribution in [0.3, 0.4) is 0 Å². The Bertz CT molecular complexity index is 1150. The molecule has 0 bridgehead atoms. The number of halogens is 5. The molecule has 0 spiro atoms. The van der Waals surface area contributed by atoms with Gasteiger partial charge in [-0.3, -0.25) is 19.4 Å². The van der Waals surface area contributed by atoms with Crippen molar-refractivity contribution in [3.05, 3.63) is 35.8 Å². The van der Waals surface area contributed by atoms with Crippen molar-refractivity contribution in [2.45, 2.75) is 37.9 Å². The molecule has 2 heterocycles. The van der Waals surface area contributed by atoms with Crippen LogP contribution in [0.15, 0.2) is 24.4 Å². The summed E-state index contributed by atoms with van der Waals surface area (Å²) in [5, 5.41) is 2.41. The van der Waals surface area contributed by atoms with Crippen LogP contribution in [0, 0.1) is 5.82 Å². The number of esters is 2. The van der Waals surface area contributed by atoms with Crippen LogP contribution < -0.4 is 10.2 Å². The Balaban J connectivity index is 1.91. The van der Waals surface area contributed by atoms with Gasteiger partial charge >= 0.3 is 18.1 Å². The van der Waals surface area contributed by atoms with Gasteiger partial charge in [0.15, 0.2) is 5.78 Å². The highest BCUT2D eigenvalue weighted by Gasteiger charge is 2.43. The standard InChI is InChI=1S/C22H20F5N3O5/c23-10-16(31)15(9-17(32)35-21(34)22(25,26)27)29-20(33)13-11-28-18-12(5-4-6-14(18)24)19(13)30-7-2-1-3-8-30/h4-6,11,15H,1-3,7-10H2,(H,29,33). The Labute approximate surface area is 195 Å². The smallest absolute Gasteiger partial charge is 0.386 e. The van der Waals surface area contributed by atoms with Crippen molar-refractivity contribution in [2.75, 3.05) is 24.7 Å². The lowest BCUT2D eigenvalue weighted by molar-refractivity contribution is -0.202. The molecule has 188 valence electrons. The van der Waals surface area contributed by atoms with Crippen LogP contribution in [0.1, 0.15) is 36.0 Å². The molecular weight excluding hydrogens is 481 g/mol. The van der Waals surface area contributed by atoms with Crippen LogP contribution in [0.2, 0.25) is 0 Å². The molecule has 0 saturated carbocycles. The monoisotopic (exact) mass is 501 g/mol. The minimum atomic E-state index is -5.46. The molecule has 1 aromatic carbocycles. The molecule has 1 aliphatic heterocycles. The van der Waals surface area contributed by atoms with Crippen LogP contribution >= 0.6 is 0 Å². The largest absolute Gasteiger partial charge is 0.491 e. The van der Waals surface area contributed by atoms with Gasteiger partial charge in [-0.05, 0) is 25.3 Å². The number of ether oxygens (including phenoxy) is 1. The number of nitrogens with zero attached hydrogens (tertiary/aromatic N) is 2. The maximum absolute atomic E-state index is 14.3. The number of carbonyl (C=O) groups is 4. The van der Waals surface area contributed by atoms with E-state index in [0.717, 1.165) is 25.5 Å². The van der Waals surface area contributed by atoms with Crippen LogP contribution in [-0.2, 0) is 19.1 Å².